The normalized spacial score (nSPS) is 18.6. The van der Waals surface area contributed by atoms with E-state index in [1.54, 1.807) is 12.1 Å². The average molecular weight is 502 g/mol. The van der Waals surface area contributed by atoms with Gasteiger partial charge in [-0.05, 0) is 43.0 Å². The van der Waals surface area contributed by atoms with E-state index in [0.29, 0.717) is 25.1 Å². The molecule has 2 aliphatic heterocycles. The number of nitrogens with zero attached hydrogens (tertiary/aromatic N) is 5. The van der Waals surface area contributed by atoms with Crippen molar-refractivity contribution in [2.45, 2.75) is 51.1 Å². The van der Waals surface area contributed by atoms with Gasteiger partial charge in [0.15, 0.2) is 0 Å². The van der Waals surface area contributed by atoms with Crippen molar-refractivity contribution in [2.75, 3.05) is 19.7 Å². The quantitative estimate of drug-likeness (QED) is 0.368. The van der Waals surface area contributed by atoms with Gasteiger partial charge < -0.3 is 19.1 Å². The van der Waals surface area contributed by atoms with Crippen molar-refractivity contribution in [1.82, 2.24) is 24.2 Å². The van der Waals surface area contributed by atoms with Crippen molar-refractivity contribution in [3.63, 3.8) is 0 Å². The first-order chi connectivity index (χ1) is 18.1. The lowest BCUT2D eigenvalue weighted by molar-refractivity contribution is -0.0592. The summed E-state index contributed by atoms with van der Waals surface area (Å²) in [7, 11) is 0. The van der Waals surface area contributed by atoms with Crippen LogP contribution in [0.25, 0.3) is 11.0 Å². The molecule has 2 saturated heterocycles. The van der Waals surface area contributed by atoms with E-state index in [-0.39, 0.29) is 11.7 Å². The summed E-state index contributed by atoms with van der Waals surface area (Å²) in [5.41, 5.74) is 3.09. The molecule has 9 heteroatoms. The Morgan fingerprint density at radius 3 is 2.62 bits per heavy atom. The molecular formula is C28H31N5O4. The smallest absolute Gasteiger partial charge is 0.335 e. The number of carboxylic acid groups (broad SMARTS) is 1. The monoisotopic (exact) mass is 501 g/mol. The minimum absolute atomic E-state index is 0.161. The van der Waals surface area contributed by atoms with Crippen molar-refractivity contribution >= 4 is 17.0 Å². The zero-order valence-electron chi connectivity index (χ0n) is 20.7. The number of carboxylic acids is 1. The summed E-state index contributed by atoms with van der Waals surface area (Å²) in [6.45, 7) is 4.60. The summed E-state index contributed by atoms with van der Waals surface area (Å²) >= 11 is 0. The van der Waals surface area contributed by atoms with E-state index in [1.807, 2.05) is 53.3 Å². The van der Waals surface area contributed by atoms with Crippen LogP contribution in [-0.2, 0) is 24.4 Å². The highest BCUT2D eigenvalue weighted by Crippen LogP contribution is 2.27. The fourth-order valence-corrected chi connectivity index (χ4v) is 5.14. The topological polar surface area (TPSA) is 94.6 Å². The summed E-state index contributed by atoms with van der Waals surface area (Å²) in [5.74, 6) is 0.687. The highest BCUT2D eigenvalue weighted by molar-refractivity contribution is 5.92. The Bertz CT molecular complexity index is 1370. The average Bonchev–Trinajstić information content (AvgIpc) is 3.50. The van der Waals surface area contributed by atoms with Crippen LogP contribution in [0.3, 0.4) is 0 Å². The van der Waals surface area contributed by atoms with E-state index in [9.17, 15) is 9.90 Å². The van der Waals surface area contributed by atoms with Gasteiger partial charge in [0.25, 0.3) is 0 Å². The molecule has 2 aromatic heterocycles. The first kappa shape index (κ1) is 23.7. The van der Waals surface area contributed by atoms with Crippen LogP contribution in [0.5, 0.6) is 5.88 Å². The van der Waals surface area contributed by atoms with Gasteiger partial charge in [-0.2, -0.15) is 0 Å². The number of piperidine rings is 1. The Hall–Kier alpha value is -3.69. The van der Waals surface area contributed by atoms with Gasteiger partial charge in [-0.25, -0.2) is 9.78 Å². The number of hydrogen-bond donors (Lipinski definition) is 1. The number of aromatic carboxylic acids is 1. The van der Waals surface area contributed by atoms with Gasteiger partial charge in [0.1, 0.15) is 12.4 Å². The zero-order chi connectivity index (χ0) is 25.2. The molecule has 192 valence electrons. The van der Waals surface area contributed by atoms with E-state index in [4.69, 9.17) is 14.5 Å². The van der Waals surface area contributed by atoms with Crippen molar-refractivity contribution in [1.29, 1.82) is 0 Å². The lowest BCUT2D eigenvalue weighted by Crippen LogP contribution is -2.36. The Morgan fingerprint density at radius 2 is 1.89 bits per heavy atom. The lowest BCUT2D eigenvalue weighted by atomic mass is 10.1. The third-order valence-electron chi connectivity index (χ3n) is 7.36. The Labute approximate surface area is 215 Å². The molecular weight excluding hydrogens is 470 g/mol. The number of fused-ring (bicyclic) bond motifs is 1. The summed E-state index contributed by atoms with van der Waals surface area (Å²) in [4.78, 5) is 18.8. The van der Waals surface area contributed by atoms with Crippen LogP contribution in [0.1, 0.15) is 47.1 Å². The van der Waals surface area contributed by atoms with Crippen LogP contribution >= 0.6 is 0 Å². The molecule has 37 heavy (non-hydrogen) atoms. The fourth-order valence-electron chi connectivity index (χ4n) is 5.14. The molecule has 0 spiro atoms. The minimum atomic E-state index is -0.926. The predicted octanol–water partition coefficient (Wildman–Crippen LogP) is 4.14. The van der Waals surface area contributed by atoms with Gasteiger partial charge in [-0.15, -0.1) is 5.10 Å². The molecule has 0 saturated carbocycles. The minimum Gasteiger partial charge on any atom is -0.478 e. The molecule has 0 aliphatic carbocycles. The van der Waals surface area contributed by atoms with E-state index < -0.39 is 5.97 Å². The maximum Gasteiger partial charge on any atom is 0.335 e. The molecule has 2 fully saturated rings. The van der Waals surface area contributed by atoms with Crippen LogP contribution < -0.4 is 4.74 Å². The molecule has 0 bridgehead atoms. The van der Waals surface area contributed by atoms with Crippen molar-refractivity contribution in [3.05, 3.63) is 77.7 Å². The second-order valence-corrected chi connectivity index (χ2v) is 9.84. The third kappa shape index (κ3) is 5.23. The molecule has 0 amide bonds. The number of likely N-dealkylation sites (tertiary alicyclic amines) is 1. The standard InChI is InChI=1S/C28H31N5O4/c34-28(35)21-6-7-24-25(16-21)32(17-23-11-15-36-23)26(29-24)18-31-12-8-22(9-13-31)33-14-10-27(30-33)37-19-20-4-2-1-3-5-20/h1-7,10,14,16,22-23H,8-9,11-13,15,17-19H2,(H,34,35). The van der Waals surface area contributed by atoms with Gasteiger partial charge in [0.05, 0.1) is 41.8 Å². The molecule has 4 heterocycles. The van der Waals surface area contributed by atoms with Gasteiger partial charge in [0.2, 0.25) is 5.88 Å². The molecule has 0 radical (unpaired) electrons. The number of aromatic nitrogens is 4. The maximum atomic E-state index is 11.5. The van der Waals surface area contributed by atoms with Gasteiger partial charge >= 0.3 is 5.97 Å². The van der Waals surface area contributed by atoms with Crippen LogP contribution in [0.15, 0.2) is 60.8 Å². The molecule has 2 aromatic carbocycles. The number of imidazole rings is 1. The largest absolute Gasteiger partial charge is 0.478 e. The van der Waals surface area contributed by atoms with Crippen molar-refractivity contribution in [2.24, 2.45) is 0 Å². The summed E-state index contributed by atoms with van der Waals surface area (Å²) in [5, 5.41) is 14.1. The lowest BCUT2D eigenvalue weighted by Gasteiger charge is -2.32. The van der Waals surface area contributed by atoms with E-state index in [1.165, 1.54) is 0 Å². The second kappa shape index (κ2) is 10.4. The molecule has 9 nitrogen and oxygen atoms in total. The molecule has 1 N–H and O–H groups in total. The second-order valence-electron chi connectivity index (χ2n) is 9.84. The molecule has 4 aromatic rings. The van der Waals surface area contributed by atoms with Crippen LogP contribution in [0.4, 0.5) is 0 Å². The van der Waals surface area contributed by atoms with Crippen LogP contribution in [0.2, 0.25) is 0 Å². The number of ether oxygens (including phenoxy) is 2. The van der Waals surface area contributed by atoms with Crippen LogP contribution in [0, 0.1) is 0 Å². The van der Waals surface area contributed by atoms with Gasteiger partial charge in [0, 0.05) is 32.0 Å². The SMILES string of the molecule is O=C(O)c1ccc2nc(CN3CCC(n4ccc(OCc5ccccc5)n4)CC3)n(CC3CCO3)c2c1. The van der Waals surface area contributed by atoms with E-state index in [0.717, 1.165) is 67.9 Å². The summed E-state index contributed by atoms with van der Waals surface area (Å²) in [6, 6.07) is 17.5. The highest BCUT2D eigenvalue weighted by Gasteiger charge is 2.26. The third-order valence-corrected chi connectivity index (χ3v) is 7.36. The molecule has 1 atom stereocenters. The zero-order valence-corrected chi connectivity index (χ0v) is 20.7. The molecule has 2 aliphatic rings. The first-order valence-electron chi connectivity index (χ1n) is 12.9. The summed E-state index contributed by atoms with van der Waals surface area (Å²) in [6.07, 6.45) is 5.18. The molecule has 1 unspecified atom stereocenters. The van der Waals surface area contributed by atoms with Gasteiger partial charge in [-0.1, -0.05) is 30.3 Å². The maximum absolute atomic E-state index is 11.5. The number of hydrogen-bond acceptors (Lipinski definition) is 6. The Morgan fingerprint density at radius 1 is 1.08 bits per heavy atom. The molecule has 6 rings (SSSR count). The van der Waals surface area contributed by atoms with Crippen molar-refractivity contribution < 1.29 is 19.4 Å². The number of carbonyl (C=O) groups is 1. The van der Waals surface area contributed by atoms with Gasteiger partial charge in [-0.3, -0.25) is 9.58 Å². The van der Waals surface area contributed by atoms with E-state index in [2.05, 4.69) is 14.6 Å². The predicted molar refractivity (Wildman–Crippen MR) is 138 cm³/mol. The van der Waals surface area contributed by atoms with Crippen molar-refractivity contribution in [3.8, 4) is 5.88 Å². The number of benzene rings is 2. The highest BCUT2D eigenvalue weighted by atomic mass is 16.5. The number of rotatable bonds is 9. The fraction of sp³-hybridized carbons (Fsp3) is 0.393. The summed E-state index contributed by atoms with van der Waals surface area (Å²) < 4.78 is 15.7. The Kier molecular flexibility index (Phi) is 6.63. The van der Waals surface area contributed by atoms with E-state index >= 15 is 0 Å². The first-order valence-corrected chi connectivity index (χ1v) is 12.9. The van der Waals surface area contributed by atoms with Crippen LogP contribution in [-0.4, -0.2) is 61.1 Å². The Balaban J connectivity index is 1.10.